The van der Waals surface area contributed by atoms with Crippen LogP contribution in [-0.2, 0) is 16.4 Å². The Hall–Kier alpha value is -0.850. The first-order chi connectivity index (χ1) is 8.81. The van der Waals surface area contributed by atoms with Gasteiger partial charge in [-0.2, -0.15) is 0 Å². The van der Waals surface area contributed by atoms with E-state index in [9.17, 15) is 8.42 Å². The molecule has 0 aliphatic rings. The number of halogens is 1. The second-order valence-corrected chi connectivity index (χ2v) is 7.19. The maximum absolute atomic E-state index is 11.1. The molecule has 1 N–H and O–H groups in total. The van der Waals surface area contributed by atoms with Gasteiger partial charge in [0, 0.05) is 25.9 Å². The van der Waals surface area contributed by atoms with E-state index in [4.69, 9.17) is 11.6 Å². The summed E-state index contributed by atoms with van der Waals surface area (Å²) in [6, 6.07) is 3.62. The van der Waals surface area contributed by atoms with Crippen molar-refractivity contribution >= 4 is 27.3 Å². The Kier molecular flexibility index (Phi) is 6.03. The van der Waals surface area contributed by atoms with Gasteiger partial charge in [-0.05, 0) is 26.1 Å². The molecule has 1 aromatic heterocycles. The molecule has 0 saturated heterocycles. The van der Waals surface area contributed by atoms with E-state index in [0.717, 1.165) is 18.1 Å². The Morgan fingerprint density at radius 2 is 2.11 bits per heavy atom. The molecule has 0 aromatic carbocycles. The average Bonchev–Trinajstić information content (AvgIpc) is 2.30. The first-order valence-corrected chi connectivity index (χ1v) is 8.51. The molecule has 0 spiro atoms. The number of sulfone groups is 1. The van der Waals surface area contributed by atoms with Gasteiger partial charge in [0.15, 0.2) is 0 Å². The lowest BCUT2D eigenvalue weighted by molar-refractivity contribution is 0.342. The zero-order valence-corrected chi connectivity index (χ0v) is 13.1. The normalized spacial score (nSPS) is 11.8. The molecule has 1 aromatic rings. The maximum atomic E-state index is 11.1. The number of hydrogen-bond acceptors (Lipinski definition) is 5. The third kappa shape index (κ3) is 6.22. The van der Waals surface area contributed by atoms with Gasteiger partial charge in [0.25, 0.3) is 0 Å². The lowest BCUT2D eigenvalue weighted by atomic mass is 10.3. The molecule has 1 rings (SSSR count). The van der Waals surface area contributed by atoms with Crippen LogP contribution in [0.25, 0.3) is 0 Å². The van der Waals surface area contributed by atoms with E-state index in [-0.39, 0.29) is 5.75 Å². The maximum Gasteiger partial charge on any atom is 0.148 e. The smallest absolute Gasteiger partial charge is 0.148 e. The first-order valence-electron chi connectivity index (χ1n) is 6.07. The Bertz CT molecular complexity index is 520. The summed E-state index contributed by atoms with van der Waals surface area (Å²) in [6.07, 6.45) is 1.23. The molecule has 108 valence electrons. The van der Waals surface area contributed by atoms with E-state index < -0.39 is 9.84 Å². The van der Waals surface area contributed by atoms with Gasteiger partial charge in [-0.1, -0.05) is 11.6 Å². The van der Waals surface area contributed by atoms with Crippen molar-refractivity contribution in [1.82, 2.24) is 9.88 Å². The van der Waals surface area contributed by atoms with Crippen LogP contribution in [0.2, 0.25) is 5.02 Å². The SMILES string of the molecule is CCNc1ccc(Cl)c(CN(C)CCS(C)(=O)=O)n1. The van der Waals surface area contributed by atoms with Crippen molar-refractivity contribution in [3.05, 3.63) is 22.8 Å². The third-order valence-electron chi connectivity index (χ3n) is 2.54. The molecule has 0 aliphatic heterocycles. The molecule has 7 heteroatoms. The van der Waals surface area contributed by atoms with Gasteiger partial charge >= 0.3 is 0 Å². The van der Waals surface area contributed by atoms with Gasteiger partial charge in [0.05, 0.1) is 16.5 Å². The van der Waals surface area contributed by atoms with Crippen molar-refractivity contribution in [2.45, 2.75) is 13.5 Å². The van der Waals surface area contributed by atoms with E-state index in [1.165, 1.54) is 6.26 Å². The molecular weight excluding hydrogens is 286 g/mol. The van der Waals surface area contributed by atoms with Crippen LogP contribution in [-0.4, -0.2) is 50.4 Å². The topological polar surface area (TPSA) is 62.3 Å². The number of hydrogen-bond donors (Lipinski definition) is 1. The standard InChI is InChI=1S/C12H20ClN3O2S/c1-4-14-12-6-5-10(13)11(15-12)9-16(2)7-8-19(3,17)18/h5-6H,4,7-9H2,1-3H3,(H,14,15). The van der Waals surface area contributed by atoms with Crippen LogP contribution in [0.4, 0.5) is 5.82 Å². The summed E-state index contributed by atoms with van der Waals surface area (Å²) in [6.45, 7) is 3.77. The van der Waals surface area contributed by atoms with Crippen LogP contribution in [0.15, 0.2) is 12.1 Å². The van der Waals surface area contributed by atoms with Crippen molar-refractivity contribution < 1.29 is 8.42 Å². The van der Waals surface area contributed by atoms with Gasteiger partial charge in [-0.15, -0.1) is 0 Å². The zero-order chi connectivity index (χ0) is 14.5. The molecule has 0 fully saturated rings. The molecule has 1 heterocycles. The zero-order valence-electron chi connectivity index (χ0n) is 11.5. The molecule has 0 radical (unpaired) electrons. The quantitative estimate of drug-likeness (QED) is 0.830. The fourth-order valence-electron chi connectivity index (χ4n) is 1.53. The number of rotatable bonds is 7. The number of anilines is 1. The van der Waals surface area contributed by atoms with Gasteiger partial charge in [-0.25, -0.2) is 13.4 Å². The number of pyridine rings is 1. The second kappa shape index (κ2) is 7.07. The van der Waals surface area contributed by atoms with Crippen LogP contribution in [0, 0.1) is 0 Å². The molecule has 0 saturated carbocycles. The van der Waals surface area contributed by atoms with Crippen LogP contribution >= 0.6 is 11.6 Å². The van der Waals surface area contributed by atoms with Crippen LogP contribution in [0.5, 0.6) is 0 Å². The van der Waals surface area contributed by atoms with E-state index in [1.807, 2.05) is 24.9 Å². The van der Waals surface area contributed by atoms with Gasteiger partial charge < -0.3 is 5.32 Å². The van der Waals surface area contributed by atoms with Crippen LogP contribution in [0.1, 0.15) is 12.6 Å². The Morgan fingerprint density at radius 3 is 2.68 bits per heavy atom. The largest absolute Gasteiger partial charge is 0.370 e. The Labute approximate surface area is 119 Å². The molecule has 0 unspecified atom stereocenters. The van der Waals surface area contributed by atoms with Crippen molar-refractivity contribution in [3.8, 4) is 0 Å². The summed E-state index contributed by atoms with van der Waals surface area (Å²) in [5.41, 5.74) is 0.746. The lowest BCUT2D eigenvalue weighted by Crippen LogP contribution is -2.25. The molecule has 0 aliphatic carbocycles. The minimum atomic E-state index is -2.95. The highest BCUT2D eigenvalue weighted by Crippen LogP contribution is 2.18. The summed E-state index contributed by atoms with van der Waals surface area (Å²) < 4.78 is 22.2. The minimum Gasteiger partial charge on any atom is -0.370 e. The lowest BCUT2D eigenvalue weighted by Gasteiger charge is -2.17. The van der Waals surface area contributed by atoms with E-state index in [0.29, 0.717) is 18.1 Å². The number of nitrogens with one attached hydrogen (secondary N) is 1. The van der Waals surface area contributed by atoms with Gasteiger partial charge in [0.1, 0.15) is 15.7 Å². The molecular formula is C12H20ClN3O2S. The second-order valence-electron chi connectivity index (χ2n) is 4.52. The molecule has 0 bridgehead atoms. The molecule has 0 atom stereocenters. The predicted molar refractivity (Wildman–Crippen MR) is 79.5 cm³/mol. The summed E-state index contributed by atoms with van der Waals surface area (Å²) in [7, 11) is -1.10. The van der Waals surface area contributed by atoms with E-state index >= 15 is 0 Å². The molecule has 5 nitrogen and oxygen atoms in total. The summed E-state index contributed by atoms with van der Waals surface area (Å²) >= 11 is 6.10. The van der Waals surface area contributed by atoms with Crippen LogP contribution < -0.4 is 5.32 Å². The Morgan fingerprint density at radius 1 is 1.42 bits per heavy atom. The fraction of sp³-hybridized carbons (Fsp3) is 0.583. The van der Waals surface area contributed by atoms with Crippen LogP contribution in [0.3, 0.4) is 0 Å². The fourth-order valence-corrected chi connectivity index (χ4v) is 2.34. The van der Waals surface area contributed by atoms with E-state index in [2.05, 4.69) is 10.3 Å². The van der Waals surface area contributed by atoms with E-state index in [1.54, 1.807) is 6.07 Å². The highest BCUT2D eigenvalue weighted by atomic mass is 35.5. The van der Waals surface area contributed by atoms with Gasteiger partial charge in [-0.3, -0.25) is 4.90 Å². The van der Waals surface area contributed by atoms with Crippen molar-refractivity contribution in [2.24, 2.45) is 0 Å². The molecule has 19 heavy (non-hydrogen) atoms. The van der Waals surface area contributed by atoms with Crippen molar-refractivity contribution in [3.63, 3.8) is 0 Å². The third-order valence-corrected chi connectivity index (χ3v) is 3.81. The first kappa shape index (κ1) is 16.2. The van der Waals surface area contributed by atoms with Gasteiger partial charge in [0.2, 0.25) is 0 Å². The molecule has 0 amide bonds. The summed E-state index contributed by atoms with van der Waals surface area (Å²) in [4.78, 5) is 6.31. The van der Waals surface area contributed by atoms with Crippen molar-refractivity contribution in [2.75, 3.05) is 37.5 Å². The average molecular weight is 306 g/mol. The number of nitrogens with zero attached hydrogens (tertiary/aromatic N) is 2. The number of aromatic nitrogens is 1. The monoisotopic (exact) mass is 305 g/mol. The summed E-state index contributed by atoms with van der Waals surface area (Å²) in [5, 5.41) is 3.71. The summed E-state index contributed by atoms with van der Waals surface area (Å²) in [5.74, 6) is 0.909. The Balaban J connectivity index is 2.67. The predicted octanol–water partition coefficient (Wildman–Crippen LogP) is 1.64. The minimum absolute atomic E-state index is 0.133. The highest BCUT2D eigenvalue weighted by molar-refractivity contribution is 7.90. The van der Waals surface area contributed by atoms with Crippen molar-refractivity contribution in [1.29, 1.82) is 0 Å². The highest BCUT2D eigenvalue weighted by Gasteiger charge is 2.10.